The van der Waals surface area contributed by atoms with Crippen LogP contribution in [0, 0.1) is 6.92 Å². The number of fused-ring (bicyclic) bond motifs is 1. The van der Waals surface area contributed by atoms with Crippen LogP contribution in [0.4, 0.5) is 0 Å². The molecule has 34 heavy (non-hydrogen) atoms. The first-order valence-corrected chi connectivity index (χ1v) is 12.6. The molecule has 5 rings (SSSR count). The van der Waals surface area contributed by atoms with Gasteiger partial charge in [-0.1, -0.05) is 60.7 Å². The number of carbonyl (C=O) groups is 2. The molecule has 1 aliphatic carbocycles. The summed E-state index contributed by atoms with van der Waals surface area (Å²) in [7, 11) is 0. The molecule has 1 fully saturated rings. The summed E-state index contributed by atoms with van der Waals surface area (Å²) in [6.07, 6.45) is 1.91. The maximum Gasteiger partial charge on any atom is 0.254 e. The summed E-state index contributed by atoms with van der Waals surface area (Å²) in [5, 5.41) is 2.14. The Balaban J connectivity index is 1.37. The van der Waals surface area contributed by atoms with Crippen LogP contribution in [0.25, 0.3) is 10.8 Å². The Labute approximate surface area is 204 Å². The van der Waals surface area contributed by atoms with E-state index in [0.29, 0.717) is 18.7 Å². The van der Waals surface area contributed by atoms with Crippen molar-refractivity contribution in [3.63, 3.8) is 0 Å². The highest BCUT2D eigenvalue weighted by Crippen LogP contribution is 2.29. The summed E-state index contributed by atoms with van der Waals surface area (Å²) in [6, 6.07) is 28.2. The molecule has 2 amide bonds. The molecule has 1 aromatic heterocycles. The molecule has 0 spiro atoms. The highest BCUT2D eigenvalue weighted by Gasteiger charge is 2.35. The van der Waals surface area contributed by atoms with Crippen molar-refractivity contribution in [2.45, 2.75) is 38.9 Å². The number of hydrogen-bond donors (Lipinski definition) is 0. The van der Waals surface area contributed by atoms with E-state index in [4.69, 9.17) is 0 Å². The summed E-state index contributed by atoms with van der Waals surface area (Å²) in [5.74, 6) is -0.0795. The van der Waals surface area contributed by atoms with E-state index in [1.807, 2.05) is 77.7 Å². The van der Waals surface area contributed by atoms with Gasteiger partial charge in [-0.05, 0) is 60.4 Å². The van der Waals surface area contributed by atoms with Gasteiger partial charge in [-0.25, -0.2) is 0 Å². The van der Waals surface area contributed by atoms with Gasteiger partial charge >= 0.3 is 0 Å². The number of aryl methyl sites for hydroxylation is 1. The van der Waals surface area contributed by atoms with Gasteiger partial charge in [0.15, 0.2) is 0 Å². The van der Waals surface area contributed by atoms with Crippen LogP contribution < -0.4 is 0 Å². The van der Waals surface area contributed by atoms with Gasteiger partial charge in [0.2, 0.25) is 5.91 Å². The maximum absolute atomic E-state index is 13.6. The molecule has 1 saturated carbocycles. The van der Waals surface area contributed by atoms with Crippen LogP contribution in [0.2, 0.25) is 0 Å². The van der Waals surface area contributed by atoms with E-state index in [1.54, 1.807) is 16.2 Å². The number of rotatable bonds is 8. The van der Waals surface area contributed by atoms with Crippen LogP contribution in [0.3, 0.4) is 0 Å². The topological polar surface area (TPSA) is 40.6 Å². The molecule has 4 aromatic rings. The monoisotopic (exact) mass is 468 g/mol. The first-order chi connectivity index (χ1) is 16.6. The number of hydrogen-bond acceptors (Lipinski definition) is 3. The van der Waals surface area contributed by atoms with E-state index in [-0.39, 0.29) is 24.4 Å². The summed E-state index contributed by atoms with van der Waals surface area (Å²) in [5.41, 5.74) is 1.73. The Bertz CT molecular complexity index is 1310. The largest absolute Gasteiger partial charge is 0.332 e. The molecule has 0 radical (unpaired) electrons. The minimum absolute atomic E-state index is 0.0176. The van der Waals surface area contributed by atoms with Crippen molar-refractivity contribution in [3.8, 4) is 0 Å². The van der Waals surface area contributed by atoms with E-state index >= 15 is 0 Å². The fourth-order valence-electron chi connectivity index (χ4n) is 4.28. The molecule has 0 bridgehead atoms. The van der Waals surface area contributed by atoms with Crippen molar-refractivity contribution < 1.29 is 9.59 Å². The average molecular weight is 469 g/mol. The van der Waals surface area contributed by atoms with Gasteiger partial charge in [0.05, 0.1) is 6.54 Å². The minimum Gasteiger partial charge on any atom is -0.332 e. The molecule has 0 N–H and O–H groups in total. The third kappa shape index (κ3) is 5.20. The second kappa shape index (κ2) is 9.82. The van der Waals surface area contributed by atoms with E-state index in [2.05, 4.69) is 19.1 Å². The third-order valence-electron chi connectivity index (χ3n) is 6.26. The molecule has 1 aliphatic rings. The lowest BCUT2D eigenvalue weighted by molar-refractivity contribution is -0.133. The van der Waals surface area contributed by atoms with Crippen LogP contribution in [-0.4, -0.2) is 34.2 Å². The van der Waals surface area contributed by atoms with Crippen molar-refractivity contribution in [1.82, 2.24) is 9.80 Å². The lowest BCUT2D eigenvalue weighted by Crippen LogP contribution is -2.43. The van der Waals surface area contributed by atoms with Gasteiger partial charge in [0.25, 0.3) is 5.91 Å². The average Bonchev–Trinajstić information content (AvgIpc) is 3.62. The maximum atomic E-state index is 13.6. The number of amides is 2. The summed E-state index contributed by atoms with van der Waals surface area (Å²) >= 11 is 1.71. The number of thiophene rings is 1. The molecular formula is C29H28N2O2S. The molecule has 0 aliphatic heterocycles. The molecule has 1 heterocycles. The van der Waals surface area contributed by atoms with E-state index in [0.717, 1.165) is 34.1 Å². The molecule has 0 saturated heterocycles. The SMILES string of the molecule is Cc1ccc(CN(Cc2ccccc2)C(=O)CN(C(=O)c2ccc3ccccc3c2)C2CC2)s1. The second-order valence-electron chi connectivity index (χ2n) is 8.97. The predicted octanol–water partition coefficient (Wildman–Crippen LogP) is 6.04. The highest BCUT2D eigenvalue weighted by molar-refractivity contribution is 7.11. The molecule has 172 valence electrons. The van der Waals surface area contributed by atoms with Crippen molar-refractivity contribution in [2.24, 2.45) is 0 Å². The molecule has 0 unspecified atom stereocenters. The quantitative estimate of drug-likeness (QED) is 0.316. The fourth-order valence-corrected chi connectivity index (χ4v) is 5.19. The van der Waals surface area contributed by atoms with Crippen LogP contribution in [0.5, 0.6) is 0 Å². The zero-order chi connectivity index (χ0) is 23.5. The Kier molecular flexibility index (Phi) is 6.45. The van der Waals surface area contributed by atoms with Gasteiger partial charge < -0.3 is 9.80 Å². The fraction of sp³-hybridized carbons (Fsp3) is 0.241. The van der Waals surface area contributed by atoms with Crippen LogP contribution in [-0.2, 0) is 17.9 Å². The zero-order valence-corrected chi connectivity index (χ0v) is 20.1. The number of nitrogens with zero attached hydrogens (tertiary/aromatic N) is 2. The zero-order valence-electron chi connectivity index (χ0n) is 19.3. The first kappa shape index (κ1) is 22.4. The Hall–Kier alpha value is -3.44. The summed E-state index contributed by atoms with van der Waals surface area (Å²) in [4.78, 5) is 33.1. The van der Waals surface area contributed by atoms with E-state index in [9.17, 15) is 9.59 Å². The van der Waals surface area contributed by atoms with E-state index in [1.165, 1.54) is 4.88 Å². The smallest absolute Gasteiger partial charge is 0.254 e. The Morgan fingerprint density at radius 2 is 1.59 bits per heavy atom. The normalized spacial score (nSPS) is 13.1. The lowest BCUT2D eigenvalue weighted by Gasteiger charge is -2.28. The van der Waals surface area contributed by atoms with Crippen molar-refractivity contribution >= 4 is 33.9 Å². The van der Waals surface area contributed by atoms with Crippen molar-refractivity contribution in [1.29, 1.82) is 0 Å². The molecule has 4 nitrogen and oxygen atoms in total. The van der Waals surface area contributed by atoms with Gasteiger partial charge in [0, 0.05) is 27.9 Å². The lowest BCUT2D eigenvalue weighted by atomic mass is 10.1. The second-order valence-corrected chi connectivity index (χ2v) is 10.3. The van der Waals surface area contributed by atoms with Crippen LogP contribution in [0.1, 0.15) is 38.5 Å². The molecule has 0 atom stereocenters. The summed E-state index contributed by atoms with van der Waals surface area (Å²) in [6.45, 7) is 3.26. The van der Waals surface area contributed by atoms with Crippen molar-refractivity contribution in [2.75, 3.05) is 6.54 Å². The third-order valence-corrected chi connectivity index (χ3v) is 7.25. The first-order valence-electron chi connectivity index (χ1n) is 11.7. The van der Waals surface area contributed by atoms with Crippen LogP contribution >= 0.6 is 11.3 Å². The molecule has 5 heteroatoms. The van der Waals surface area contributed by atoms with Gasteiger partial charge in [0.1, 0.15) is 6.54 Å². The molecule has 3 aromatic carbocycles. The Morgan fingerprint density at radius 1 is 0.853 bits per heavy atom. The predicted molar refractivity (Wildman–Crippen MR) is 138 cm³/mol. The highest BCUT2D eigenvalue weighted by atomic mass is 32.1. The van der Waals surface area contributed by atoms with Gasteiger partial charge in [-0.3, -0.25) is 9.59 Å². The van der Waals surface area contributed by atoms with Gasteiger partial charge in [-0.15, -0.1) is 11.3 Å². The number of benzene rings is 3. The molecular weight excluding hydrogens is 440 g/mol. The Morgan fingerprint density at radius 3 is 2.29 bits per heavy atom. The van der Waals surface area contributed by atoms with Crippen molar-refractivity contribution in [3.05, 3.63) is 106 Å². The van der Waals surface area contributed by atoms with Crippen LogP contribution in [0.15, 0.2) is 84.9 Å². The van der Waals surface area contributed by atoms with E-state index < -0.39 is 0 Å². The summed E-state index contributed by atoms with van der Waals surface area (Å²) < 4.78 is 0. The minimum atomic E-state index is -0.0618. The standard InChI is InChI=1S/C29H28N2O2S/c1-21-11-16-27(34-21)19-30(18-22-7-3-2-4-8-22)28(32)20-31(26-14-15-26)29(33)25-13-12-23-9-5-6-10-24(23)17-25/h2-13,16-17,26H,14-15,18-20H2,1H3. The number of carbonyl (C=O) groups excluding carboxylic acids is 2. The van der Waals surface area contributed by atoms with Gasteiger partial charge in [-0.2, -0.15) is 0 Å².